The third kappa shape index (κ3) is 4.29. The van der Waals surface area contributed by atoms with Crippen molar-refractivity contribution in [2.24, 2.45) is 11.7 Å². The lowest BCUT2D eigenvalue weighted by atomic mass is 10.1. The molecule has 0 aliphatic heterocycles. The van der Waals surface area contributed by atoms with Gasteiger partial charge in [0, 0.05) is 18.5 Å². The molecule has 1 aliphatic carbocycles. The summed E-state index contributed by atoms with van der Waals surface area (Å²) in [4.78, 5) is 22.2. The van der Waals surface area contributed by atoms with Crippen LogP contribution in [0.2, 0.25) is 0 Å². The van der Waals surface area contributed by atoms with E-state index in [1.54, 1.807) is 13.8 Å². The van der Waals surface area contributed by atoms with Crippen LogP contribution in [0, 0.1) is 5.92 Å². The SMILES string of the molecule is CC(CNC(C)C(=O)NC1CC1)C(N)=O. The molecule has 0 aromatic carbocycles. The molecule has 0 spiro atoms. The zero-order valence-electron chi connectivity index (χ0n) is 9.25. The number of carbonyl (C=O) groups is 2. The number of nitrogens with one attached hydrogen (secondary N) is 2. The predicted molar refractivity (Wildman–Crippen MR) is 57.0 cm³/mol. The van der Waals surface area contributed by atoms with Crippen molar-refractivity contribution < 1.29 is 9.59 Å². The average Bonchev–Trinajstić information content (AvgIpc) is 2.96. The zero-order chi connectivity index (χ0) is 11.4. The first-order valence-corrected chi connectivity index (χ1v) is 5.33. The number of primary amides is 1. The minimum atomic E-state index is -0.350. The van der Waals surface area contributed by atoms with Crippen molar-refractivity contribution >= 4 is 11.8 Å². The van der Waals surface area contributed by atoms with Gasteiger partial charge in [0.25, 0.3) is 0 Å². The highest BCUT2D eigenvalue weighted by Crippen LogP contribution is 2.18. The second-order valence-electron chi connectivity index (χ2n) is 4.22. The molecule has 0 saturated heterocycles. The summed E-state index contributed by atoms with van der Waals surface area (Å²) in [6.45, 7) is 3.96. The van der Waals surface area contributed by atoms with Crippen LogP contribution < -0.4 is 16.4 Å². The van der Waals surface area contributed by atoms with Crippen molar-refractivity contribution in [3.8, 4) is 0 Å². The smallest absolute Gasteiger partial charge is 0.237 e. The molecular formula is C10H19N3O2. The molecule has 1 rings (SSSR count). The van der Waals surface area contributed by atoms with Gasteiger partial charge in [0.05, 0.1) is 6.04 Å². The van der Waals surface area contributed by atoms with E-state index in [4.69, 9.17) is 5.73 Å². The molecule has 5 heteroatoms. The highest BCUT2D eigenvalue weighted by molar-refractivity contribution is 5.82. The zero-order valence-corrected chi connectivity index (χ0v) is 9.25. The summed E-state index contributed by atoms with van der Waals surface area (Å²) in [6, 6.07) is 0.0997. The fraction of sp³-hybridized carbons (Fsp3) is 0.800. The highest BCUT2D eigenvalue weighted by atomic mass is 16.2. The van der Waals surface area contributed by atoms with Gasteiger partial charge in [0.15, 0.2) is 0 Å². The Labute approximate surface area is 89.8 Å². The van der Waals surface area contributed by atoms with E-state index in [2.05, 4.69) is 10.6 Å². The number of rotatable bonds is 6. The molecule has 2 amide bonds. The minimum absolute atomic E-state index is 0.00540. The monoisotopic (exact) mass is 213 g/mol. The van der Waals surface area contributed by atoms with E-state index in [0.717, 1.165) is 12.8 Å². The Morgan fingerprint density at radius 2 is 2.00 bits per heavy atom. The van der Waals surface area contributed by atoms with Crippen molar-refractivity contribution in [2.75, 3.05) is 6.54 Å². The normalized spacial score (nSPS) is 19.3. The van der Waals surface area contributed by atoms with Gasteiger partial charge in [0.2, 0.25) is 11.8 Å². The fourth-order valence-corrected chi connectivity index (χ4v) is 1.10. The van der Waals surface area contributed by atoms with E-state index < -0.39 is 0 Å². The van der Waals surface area contributed by atoms with Gasteiger partial charge in [-0.15, -0.1) is 0 Å². The topological polar surface area (TPSA) is 84.2 Å². The van der Waals surface area contributed by atoms with Crippen molar-refractivity contribution in [3.05, 3.63) is 0 Å². The molecule has 1 saturated carbocycles. The third-order valence-electron chi connectivity index (χ3n) is 2.53. The Bertz CT molecular complexity index is 251. The Kier molecular flexibility index (Phi) is 4.08. The minimum Gasteiger partial charge on any atom is -0.369 e. The summed E-state index contributed by atoms with van der Waals surface area (Å²) in [5, 5.41) is 5.87. The number of carbonyl (C=O) groups excluding carboxylic acids is 2. The van der Waals surface area contributed by atoms with Crippen molar-refractivity contribution in [3.63, 3.8) is 0 Å². The number of hydrogen-bond acceptors (Lipinski definition) is 3. The largest absolute Gasteiger partial charge is 0.369 e. The molecule has 1 aliphatic rings. The molecule has 0 bridgehead atoms. The standard InChI is InChI=1S/C10H19N3O2/c1-6(9(11)14)5-12-7(2)10(15)13-8-3-4-8/h6-8,12H,3-5H2,1-2H3,(H2,11,14)(H,13,15). The van der Waals surface area contributed by atoms with Crippen LogP contribution in [-0.2, 0) is 9.59 Å². The van der Waals surface area contributed by atoms with Crippen LogP contribution in [-0.4, -0.2) is 30.4 Å². The molecule has 86 valence electrons. The first-order chi connectivity index (χ1) is 7.00. The number of hydrogen-bond donors (Lipinski definition) is 3. The Morgan fingerprint density at radius 1 is 1.40 bits per heavy atom. The van der Waals surface area contributed by atoms with Crippen molar-refractivity contribution in [1.29, 1.82) is 0 Å². The Hall–Kier alpha value is -1.10. The van der Waals surface area contributed by atoms with Gasteiger partial charge in [-0.25, -0.2) is 0 Å². The number of nitrogens with two attached hydrogens (primary N) is 1. The van der Waals surface area contributed by atoms with Gasteiger partial charge in [-0.3, -0.25) is 9.59 Å². The molecule has 15 heavy (non-hydrogen) atoms. The van der Waals surface area contributed by atoms with E-state index in [-0.39, 0.29) is 23.8 Å². The van der Waals surface area contributed by atoms with Gasteiger partial charge in [0.1, 0.15) is 0 Å². The van der Waals surface area contributed by atoms with Crippen LogP contribution in [0.5, 0.6) is 0 Å². The van der Waals surface area contributed by atoms with E-state index in [0.29, 0.717) is 12.6 Å². The molecule has 4 N–H and O–H groups in total. The summed E-state index contributed by atoms with van der Waals surface area (Å²) >= 11 is 0. The lowest BCUT2D eigenvalue weighted by molar-refractivity contribution is -0.124. The molecule has 0 heterocycles. The lowest BCUT2D eigenvalue weighted by Gasteiger charge is -2.15. The van der Waals surface area contributed by atoms with Gasteiger partial charge in [-0.05, 0) is 19.8 Å². The van der Waals surface area contributed by atoms with Crippen LogP contribution in [0.15, 0.2) is 0 Å². The van der Waals surface area contributed by atoms with Crippen LogP contribution in [0.1, 0.15) is 26.7 Å². The Morgan fingerprint density at radius 3 is 2.47 bits per heavy atom. The number of amides is 2. The highest BCUT2D eigenvalue weighted by Gasteiger charge is 2.25. The quantitative estimate of drug-likeness (QED) is 0.549. The first kappa shape index (κ1) is 12.0. The molecule has 0 aromatic heterocycles. The van der Waals surface area contributed by atoms with Crippen molar-refractivity contribution in [2.45, 2.75) is 38.8 Å². The van der Waals surface area contributed by atoms with Gasteiger partial charge < -0.3 is 16.4 Å². The van der Waals surface area contributed by atoms with Gasteiger partial charge in [-0.1, -0.05) is 6.92 Å². The summed E-state index contributed by atoms with van der Waals surface area (Å²) in [6.07, 6.45) is 2.16. The molecule has 5 nitrogen and oxygen atoms in total. The maximum atomic E-state index is 11.5. The average molecular weight is 213 g/mol. The van der Waals surface area contributed by atoms with Crippen LogP contribution in [0.3, 0.4) is 0 Å². The second kappa shape index (κ2) is 5.11. The van der Waals surface area contributed by atoms with Gasteiger partial charge in [-0.2, -0.15) is 0 Å². The summed E-state index contributed by atoms with van der Waals surface area (Å²) in [5.41, 5.74) is 5.11. The fourth-order valence-electron chi connectivity index (χ4n) is 1.10. The molecule has 2 unspecified atom stereocenters. The molecule has 0 radical (unpaired) electrons. The van der Waals surface area contributed by atoms with Crippen LogP contribution in [0.4, 0.5) is 0 Å². The molecule has 2 atom stereocenters. The van der Waals surface area contributed by atoms with Crippen molar-refractivity contribution in [1.82, 2.24) is 10.6 Å². The van der Waals surface area contributed by atoms with Crippen LogP contribution >= 0.6 is 0 Å². The summed E-state index contributed by atoms with van der Waals surface area (Å²) in [7, 11) is 0. The maximum Gasteiger partial charge on any atom is 0.237 e. The van der Waals surface area contributed by atoms with Gasteiger partial charge >= 0.3 is 0 Å². The van der Waals surface area contributed by atoms with E-state index in [9.17, 15) is 9.59 Å². The molecule has 1 fully saturated rings. The van der Waals surface area contributed by atoms with E-state index in [1.807, 2.05) is 0 Å². The second-order valence-corrected chi connectivity index (χ2v) is 4.22. The summed E-state index contributed by atoms with van der Waals surface area (Å²) < 4.78 is 0. The first-order valence-electron chi connectivity index (χ1n) is 5.33. The van der Waals surface area contributed by atoms with E-state index >= 15 is 0 Å². The van der Waals surface area contributed by atoms with Crippen LogP contribution in [0.25, 0.3) is 0 Å². The lowest BCUT2D eigenvalue weighted by Crippen LogP contribution is -2.45. The molecule has 0 aromatic rings. The molecular weight excluding hydrogens is 194 g/mol. The third-order valence-corrected chi connectivity index (χ3v) is 2.53. The maximum absolute atomic E-state index is 11.5. The predicted octanol–water partition coefficient (Wildman–Crippen LogP) is -0.635. The Balaban J connectivity index is 2.18. The summed E-state index contributed by atoms with van der Waals surface area (Å²) in [5.74, 6) is -0.604. The van der Waals surface area contributed by atoms with E-state index in [1.165, 1.54) is 0 Å².